The zero-order chi connectivity index (χ0) is 11.0. The number of rotatable bonds is 6. The highest BCUT2D eigenvalue weighted by atomic mass is 28.2. The predicted molar refractivity (Wildman–Crippen MR) is 65.6 cm³/mol. The topological polar surface area (TPSA) is 33.0 Å². The van der Waals surface area contributed by atoms with Gasteiger partial charge in [0.05, 0.1) is 20.8 Å². The van der Waals surface area contributed by atoms with Gasteiger partial charge in [-0.05, 0) is 32.1 Å². The van der Waals surface area contributed by atoms with Gasteiger partial charge in [0.1, 0.15) is 0 Å². The molecule has 0 radical (unpaired) electrons. The molecule has 1 heterocycles. The molecule has 0 bridgehead atoms. The van der Waals surface area contributed by atoms with E-state index in [0.717, 1.165) is 19.4 Å². The Morgan fingerprint density at radius 2 is 2.20 bits per heavy atom. The van der Waals surface area contributed by atoms with Crippen LogP contribution in [0.15, 0.2) is 0 Å². The summed E-state index contributed by atoms with van der Waals surface area (Å²) in [5.74, 6) is 0. The minimum absolute atomic E-state index is 0.0653. The van der Waals surface area contributed by atoms with Gasteiger partial charge in [-0.15, -0.1) is 0 Å². The van der Waals surface area contributed by atoms with Crippen LogP contribution in [0.25, 0.3) is 0 Å². The molecule has 0 amide bonds. The molecule has 0 aliphatic carbocycles. The van der Waals surface area contributed by atoms with Gasteiger partial charge in [-0.25, -0.2) is 0 Å². The van der Waals surface area contributed by atoms with Gasteiger partial charge in [0, 0.05) is 13.0 Å². The monoisotopic (exact) mass is 225 g/mol. The van der Waals surface area contributed by atoms with Crippen LogP contribution in [-0.2, 0) is 4.74 Å². The maximum absolute atomic E-state index is 8.44. The predicted octanol–water partition coefficient (Wildman–Crippen LogP) is 2.57. The van der Waals surface area contributed by atoms with Gasteiger partial charge in [-0.1, -0.05) is 19.4 Å². The van der Waals surface area contributed by atoms with Gasteiger partial charge < -0.3 is 4.74 Å². The van der Waals surface area contributed by atoms with Crippen LogP contribution in [0, 0.1) is 11.3 Å². The van der Waals surface area contributed by atoms with Gasteiger partial charge in [-0.2, -0.15) is 5.26 Å². The quantitative estimate of drug-likeness (QED) is 0.514. The molecular weight excluding hydrogens is 202 g/mol. The third-order valence-corrected chi connectivity index (χ3v) is 5.70. The number of hydrogen-bond acceptors (Lipinski definition) is 2. The zero-order valence-electron chi connectivity index (χ0n) is 9.93. The van der Waals surface area contributed by atoms with Crippen LogP contribution in [0.2, 0.25) is 6.55 Å². The normalized spacial score (nSPS) is 26.9. The van der Waals surface area contributed by atoms with Crippen molar-refractivity contribution in [3.05, 3.63) is 0 Å². The summed E-state index contributed by atoms with van der Waals surface area (Å²) in [6.45, 7) is 3.36. The number of hydrogen-bond donors (Lipinski definition) is 0. The lowest BCUT2D eigenvalue weighted by molar-refractivity contribution is -0.0264. The maximum atomic E-state index is 8.44. The van der Waals surface area contributed by atoms with E-state index in [4.69, 9.17) is 10.00 Å². The summed E-state index contributed by atoms with van der Waals surface area (Å²) in [4.78, 5) is 0. The summed E-state index contributed by atoms with van der Waals surface area (Å²) in [6.07, 6.45) is 9.41. The number of nitriles is 1. The summed E-state index contributed by atoms with van der Waals surface area (Å²) < 4.78 is 6.02. The van der Waals surface area contributed by atoms with Gasteiger partial charge in [-0.3, -0.25) is 0 Å². The third kappa shape index (κ3) is 4.36. The minimum atomic E-state index is -0.0653. The number of ether oxygens (including phenoxy) is 1. The van der Waals surface area contributed by atoms with E-state index in [-0.39, 0.29) is 9.52 Å². The summed E-state index contributed by atoms with van der Waals surface area (Å²) in [6, 6.07) is 2.21. The van der Waals surface area contributed by atoms with Crippen molar-refractivity contribution in [2.24, 2.45) is 0 Å². The third-order valence-electron chi connectivity index (χ3n) is 3.50. The van der Waals surface area contributed by atoms with E-state index in [1.165, 1.54) is 38.5 Å². The minimum Gasteiger partial charge on any atom is -0.379 e. The van der Waals surface area contributed by atoms with Crippen LogP contribution < -0.4 is 0 Å². The van der Waals surface area contributed by atoms with Crippen molar-refractivity contribution in [3.63, 3.8) is 0 Å². The van der Waals surface area contributed by atoms with Gasteiger partial charge in [0.2, 0.25) is 0 Å². The molecule has 0 N–H and O–H groups in total. The fourth-order valence-corrected chi connectivity index (χ4v) is 3.95. The summed E-state index contributed by atoms with van der Waals surface area (Å²) >= 11 is 0. The highest BCUT2D eigenvalue weighted by molar-refractivity contribution is 6.37. The molecule has 0 saturated carbocycles. The maximum Gasteiger partial charge on any atom is 0.0621 e. The molecule has 1 fully saturated rings. The molecule has 1 atom stereocenters. The Hall–Kier alpha value is -0.333. The van der Waals surface area contributed by atoms with Gasteiger partial charge in [0.15, 0.2) is 0 Å². The van der Waals surface area contributed by atoms with E-state index in [1.807, 2.05) is 0 Å². The fraction of sp³-hybridized carbons (Fsp3) is 0.917. The van der Waals surface area contributed by atoms with Crippen molar-refractivity contribution in [1.82, 2.24) is 0 Å². The van der Waals surface area contributed by atoms with E-state index in [9.17, 15) is 0 Å². The second kappa shape index (κ2) is 7.03. The molecule has 1 aliphatic rings. The van der Waals surface area contributed by atoms with Crippen LogP contribution >= 0.6 is 0 Å². The zero-order valence-corrected chi connectivity index (χ0v) is 11.3. The molecule has 15 heavy (non-hydrogen) atoms. The molecule has 1 saturated heterocycles. The van der Waals surface area contributed by atoms with E-state index >= 15 is 0 Å². The van der Waals surface area contributed by atoms with Gasteiger partial charge >= 0.3 is 0 Å². The smallest absolute Gasteiger partial charge is 0.0621 e. The Morgan fingerprint density at radius 1 is 1.33 bits per heavy atom. The molecule has 1 aliphatic heterocycles. The highest BCUT2D eigenvalue weighted by Crippen LogP contribution is 2.29. The van der Waals surface area contributed by atoms with Crippen molar-refractivity contribution in [2.75, 3.05) is 6.61 Å². The molecule has 1 rings (SSSR count). The first-order valence-corrected chi connectivity index (χ1v) is 8.46. The molecule has 1 unspecified atom stereocenters. The molecule has 0 spiro atoms. The lowest BCUT2D eigenvalue weighted by atomic mass is 10.0. The van der Waals surface area contributed by atoms with Crippen molar-refractivity contribution in [3.8, 4) is 6.07 Å². The average Bonchev–Trinajstić information content (AvgIpc) is 2.30. The Labute approximate surface area is 95.8 Å². The Bertz CT molecular complexity index is 206. The van der Waals surface area contributed by atoms with Crippen molar-refractivity contribution < 1.29 is 4.74 Å². The van der Waals surface area contributed by atoms with Crippen molar-refractivity contribution >= 4 is 9.52 Å². The summed E-state index contributed by atoms with van der Waals surface area (Å²) in [7, 11) is -0.0653. The molecule has 0 aromatic carbocycles. The van der Waals surface area contributed by atoms with E-state index in [1.54, 1.807) is 0 Å². The standard InChI is InChI=1S/C12H23NOSi/c1-15-12(9-5-7-11-14-12)8-4-2-3-6-10-13/h2-9,11,15H2,1H3. The fourth-order valence-electron chi connectivity index (χ4n) is 2.39. The molecule has 0 aromatic heterocycles. The lowest BCUT2D eigenvalue weighted by Gasteiger charge is -2.36. The second-order valence-corrected chi connectivity index (χ2v) is 6.56. The molecule has 86 valence electrons. The first-order chi connectivity index (χ1) is 7.33. The molecule has 2 nitrogen and oxygen atoms in total. The first kappa shape index (κ1) is 12.7. The average molecular weight is 225 g/mol. The summed E-state index contributed by atoms with van der Waals surface area (Å²) in [5, 5.41) is 8.77. The highest BCUT2D eigenvalue weighted by Gasteiger charge is 2.30. The molecular formula is C12H23NOSi. The number of unbranched alkanes of at least 4 members (excludes halogenated alkanes) is 3. The molecule has 3 heteroatoms. The van der Waals surface area contributed by atoms with Crippen LogP contribution in [-0.4, -0.2) is 21.4 Å². The Balaban J connectivity index is 2.18. The van der Waals surface area contributed by atoms with E-state index in [2.05, 4.69) is 12.6 Å². The Morgan fingerprint density at radius 3 is 2.80 bits per heavy atom. The first-order valence-electron chi connectivity index (χ1n) is 6.34. The summed E-state index contributed by atoms with van der Waals surface area (Å²) in [5.41, 5.74) is 0. The van der Waals surface area contributed by atoms with Crippen LogP contribution in [0.4, 0.5) is 0 Å². The van der Waals surface area contributed by atoms with E-state index < -0.39 is 0 Å². The Kier molecular flexibility index (Phi) is 5.96. The lowest BCUT2D eigenvalue weighted by Crippen LogP contribution is -2.41. The van der Waals surface area contributed by atoms with Crippen molar-refractivity contribution in [2.45, 2.75) is 63.1 Å². The van der Waals surface area contributed by atoms with Crippen molar-refractivity contribution in [1.29, 1.82) is 5.26 Å². The molecule has 0 aromatic rings. The van der Waals surface area contributed by atoms with Crippen LogP contribution in [0.3, 0.4) is 0 Å². The van der Waals surface area contributed by atoms with Gasteiger partial charge in [0.25, 0.3) is 0 Å². The second-order valence-electron chi connectivity index (χ2n) is 4.56. The van der Waals surface area contributed by atoms with E-state index in [0.29, 0.717) is 5.22 Å². The van der Waals surface area contributed by atoms with Crippen LogP contribution in [0.1, 0.15) is 51.4 Å². The van der Waals surface area contributed by atoms with Crippen LogP contribution in [0.5, 0.6) is 0 Å². The largest absolute Gasteiger partial charge is 0.379 e. The SMILES string of the molecule is C[SiH2]C1(CCCCCC#N)CCCCO1. The number of nitrogens with zero attached hydrogens (tertiary/aromatic N) is 1.